The van der Waals surface area contributed by atoms with Crippen LogP contribution < -0.4 is 14.8 Å². The number of pyridine rings is 2. The monoisotopic (exact) mass is 461 g/mol. The molecular weight excluding hydrogens is 438 g/mol. The number of fused-ring (bicyclic) bond motifs is 1. The van der Waals surface area contributed by atoms with E-state index in [1.165, 1.54) is 0 Å². The zero-order chi connectivity index (χ0) is 22.6. The third-order valence-corrected chi connectivity index (χ3v) is 6.15. The molecule has 1 unspecified atom stereocenters. The van der Waals surface area contributed by atoms with Gasteiger partial charge in [0.05, 0.1) is 41.9 Å². The predicted molar refractivity (Wildman–Crippen MR) is 126 cm³/mol. The topological polar surface area (TPSA) is 83.3 Å². The van der Waals surface area contributed by atoms with Crippen molar-refractivity contribution in [3.63, 3.8) is 0 Å². The number of rotatable bonds is 5. The van der Waals surface area contributed by atoms with Crippen LogP contribution in [-0.2, 0) is 6.54 Å². The third-order valence-electron chi connectivity index (χ3n) is 5.87. The number of hydrogen-bond acceptors (Lipinski definition) is 7. The summed E-state index contributed by atoms with van der Waals surface area (Å²) in [5.74, 6) is 2.13. The number of halogens is 1. The normalized spacial score (nSPS) is 17.9. The summed E-state index contributed by atoms with van der Waals surface area (Å²) in [4.78, 5) is 11.4. The van der Waals surface area contributed by atoms with Crippen LogP contribution in [0.3, 0.4) is 0 Å². The van der Waals surface area contributed by atoms with Crippen LogP contribution in [0.4, 0.5) is 11.5 Å². The minimum Gasteiger partial charge on any atom is -0.489 e. The van der Waals surface area contributed by atoms with Crippen LogP contribution >= 0.6 is 11.6 Å². The molecule has 8 heteroatoms. The van der Waals surface area contributed by atoms with E-state index >= 15 is 0 Å². The molecule has 0 bridgehead atoms. The number of ether oxygens (including phenoxy) is 2. The lowest BCUT2D eigenvalue weighted by molar-refractivity contribution is 0.244. The molecule has 33 heavy (non-hydrogen) atoms. The number of anilines is 2. The Morgan fingerprint density at radius 1 is 1.15 bits per heavy atom. The van der Waals surface area contributed by atoms with Crippen LogP contribution in [0.25, 0.3) is 0 Å². The van der Waals surface area contributed by atoms with E-state index < -0.39 is 0 Å². The Kier molecular flexibility index (Phi) is 6.29. The summed E-state index contributed by atoms with van der Waals surface area (Å²) in [5, 5.41) is 12.8. The van der Waals surface area contributed by atoms with Crippen molar-refractivity contribution in [2.24, 2.45) is 0 Å². The van der Waals surface area contributed by atoms with Crippen molar-refractivity contribution < 1.29 is 9.47 Å². The molecule has 0 saturated carbocycles. The van der Waals surface area contributed by atoms with Crippen molar-refractivity contribution in [3.05, 3.63) is 70.6 Å². The number of likely N-dealkylation sites (tertiary alicyclic amines) is 1. The van der Waals surface area contributed by atoms with E-state index in [0.29, 0.717) is 29.7 Å². The summed E-state index contributed by atoms with van der Waals surface area (Å²) in [6.45, 7) is 3.02. The van der Waals surface area contributed by atoms with Crippen LogP contribution in [0.2, 0.25) is 5.02 Å². The second kappa shape index (κ2) is 9.65. The SMILES string of the molecule is N#Cc1ccc(Nc2cccc(C3CCCN3Cc3cc(Cl)c4c(c3)OCCCO4)n2)cn1. The maximum absolute atomic E-state index is 8.92. The van der Waals surface area contributed by atoms with E-state index in [2.05, 4.69) is 21.3 Å². The number of nitrogens with zero attached hydrogens (tertiary/aromatic N) is 4. The van der Waals surface area contributed by atoms with Gasteiger partial charge in [0.2, 0.25) is 0 Å². The molecule has 2 aliphatic rings. The molecule has 0 amide bonds. The first kappa shape index (κ1) is 21.5. The van der Waals surface area contributed by atoms with Crippen LogP contribution in [0.1, 0.15) is 42.3 Å². The second-order valence-electron chi connectivity index (χ2n) is 8.20. The highest BCUT2D eigenvalue weighted by Gasteiger charge is 2.28. The minimum absolute atomic E-state index is 0.223. The van der Waals surface area contributed by atoms with Gasteiger partial charge in [-0.25, -0.2) is 9.97 Å². The molecule has 1 atom stereocenters. The van der Waals surface area contributed by atoms with E-state index in [-0.39, 0.29) is 6.04 Å². The molecule has 2 aromatic heterocycles. The molecule has 0 spiro atoms. The number of benzene rings is 1. The maximum atomic E-state index is 8.92. The van der Waals surface area contributed by atoms with Crippen LogP contribution in [-0.4, -0.2) is 34.6 Å². The van der Waals surface area contributed by atoms with Gasteiger partial charge >= 0.3 is 0 Å². The molecule has 0 radical (unpaired) electrons. The van der Waals surface area contributed by atoms with Crippen molar-refractivity contribution in [2.75, 3.05) is 25.1 Å². The molecule has 7 nitrogen and oxygen atoms in total. The Labute approximate surface area is 197 Å². The van der Waals surface area contributed by atoms with Crippen molar-refractivity contribution in [3.8, 4) is 17.6 Å². The predicted octanol–water partition coefficient (Wildman–Crippen LogP) is 5.24. The van der Waals surface area contributed by atoms with Crippen molar-refractivity contribution in [1.29, 1.82) is 5.26 Å². The first-order chi connectivity index (χ1) is 16.2. The van der Waals surface area contributed by atoms with Crippen LogP contribution in [0, 0.1) is 11.3 Å². The van der Waals surface area contributed by atoms with Gasteiger partial charge in [-0.15, -0.1) is 0 Å². The molecule has 168 valence electrons. The van der Waals surface area contributed by atoms with Crippen molar-refractivity contribution in [1.82, 2.24) is 14.9 Å². The summed E-state index contributed by atoms with van der Waals surface area (Å²) < 4.78 is 11.6. The summed E-state index contributed by atoms with van der Waals surface area (Å²) in [5.41, 5.74) is 3.32. The van der Waals surface area contributed by atoms with Crippen LogP contribution in [0.15, 0.2) is 48.7 Å². The largest absolute Gasteiger partial charge is 0.489 e. The Hall–Kier alpha value is -3.34. The van der Waals surface area contributed by atoms with Gasteiger partial charge in [-0.05, 0) is 61.3 Å². The Morgan fingerprint density at radius 2 is 2.06 bits per heavy atom. The van der Waals surface area contributed by atoms with E-state index in [1.54, 1.807) is 12.3 Å². The molecule has 5 rings (SSSR count). The van der Waals surface area contributed by atoms with Crippen molar-refractivity contribution >= 4 is 23.1 Å². The van der Waals surface area contributed by atoms with Crippen LogP contribution in [0.5, 0.6) is 11.5 Å². The molecule has 4 heterocycles. The highest BCUT2D eigenvalue weighted by atomic mass is 35.5. The van der Waals surface area contributed by atoms with Gasteiger partial charge in [-0.3, -0.25) is 4.90 Å². The minimum atomic E-state index is 0.223. The van der Waals surface area contributed by atoms with E-state index in [9.17, 15) is 0 Å². The molecule has 1 saturated heterocycles. The fraction of sp³-hybridized carbons (Fsp3) is 0.320. The standard InChI is InChI=1S/C25H24ClN5O2/c26-20-12-17(13-23-25(20)33-11-3-10-32-23)16-31-9-2-5-22(31)21-4-1-6-24(30-21)29-19-8-7-18(14-27)28-15-19/h1,4,6-8,12-13,15,22H,2-3,5,9-11,16H2,(H,29,30). The van der Waals surface area contributed by atoms with Gasteiger partial charge in [0.25, 0.3) is 0 Å². The fourth-order valence-corrected chi connectivity index (χ4v) is 4.64. The maximum Gasteiger partial charge on any atom is 0.179 e. The lowest BCUT2D eigenvalue weighted by Crippen LogP contribution is -2.23. The molecular formula is C25H24ClN5O2. The Balaban J connectivity index is 1.33. The quantitative estimate of drug-likeness (QED) is 0.556. The van der Waals surface area contributed by atoms with Gasteiger partial charge in [-0.1, -0.05) is 17.7 Å². The van der Waals surface area contributed by atoms with Gasteiger partial charge < -0.3 is 14.8 Å². The summed E-state index contributed by atoms with van der Waals surface area (Å²) in [6.07, 6.45) is 4.65. The summed E-state index contributed by atoms with van der Waals surface area (Å²) in [7, 11) is 0. The van der Waals surface area contributed by atoms with E-state index in [1.807, 2.05) is 36.4 Å². The average Bonchev–Trinajstić information content (AvgIpc) is 3.15. The van der Waals surface area contributed by atoms with Gasteiger partial charge in [-0.2, -0.15) is 5.26 Å². The smallest absolute Gasteiger partial charge is 0.179 e. The van der Waals surface area contributed by atoms with E-state index in [4.69, 9.17) is 31.3 Å². The third kappa shape index (κ3) is 4.87. The molecule has 1 fully saturated rings. The van der Waals surface area contributed by atoms with Crippen molar-refractivity contribution in [2.45, 2.75) is 31.8 Å². The second-order valence-corrected chi connectivity index (χ2v) is 8.61. The summed E-state index contributed by atoms with van der Waals surface area (Å²) in [6, 6.07) is 15.8. The highest BCUT2D eigenvalue weighted by molar-refractivity contribution is 6.32. The Morgan fingerprint density at radius 3 is 2.91 bits per heavy atom. The average molecular weight is 462 g/mol. The number of nitrogens with one attached hydrogen (secondary N) is 1. The Bertz CT molecular complexity index is 1180. The molecule has 1 aromatic carbocycles. The highest BCUT2D eigenvalue weighted by Crippen LogP contribution is 2.40. The number of hydrogen-bond donors (Lipinski definition) is 1. The van der Waals surface area contributed by atoms with Gasteiger partial charge in [0.1, 0.15) is 17.6 Å². The first-order valence-electron chi connectivity index (χ1n) is 11.1. The van der Waals surface area contributed by atoms with Gasteiger partial charge in [0, 0.05) is 13.0 Å². The molecule has 0 aliphatic carbocycles. The summed E-state index contributed by atoms with van der Waals surface area (Å²) >= 11 is 6.51. The lowest BCUT2D eigenvalue weighted by Gasteiger charge is -2.25. The molecule has 1 N–H and O–H groups in total. The zero-order valence-electron chi connectivity index (χ0n) is 18.1. The fourth-order valence-electron chi connectivity index (χ4n) is 4.35. The van der Waals surface area contributed by atoms with Gasteiger partial charge in [0.15, 0.2) is 11.5 Å². The number of aromatic nitrogens is 2. The lowest BCUT2D eigenvalue weighted by atomic mass is 10.1. The number of nitriles is 1. The van der Waals surface area contributed by atoms with E-state index in [0.717, 1.165) is 60.9 Å². The molecule has 2 aliphatic heterocycles. The zero-order valence-corrected chi connectivity index (χ0v) is 18.9. The molecule has 3 aromatic rings. The first-order valence-corrected chi connectivity index (χ1v) is 11.5.